The first-order chi connectivity index (χ1) is 17.4. The van der Waals surface area contributed by atoms with Gasteiger partial charge in [0.2, 0.25) is 5.88 Å². The van der Waals surface area contributed by atoms with Gasteiger partial charge in [0.25, 0.3) is 5.91 Å². The van der Waals surface area contributed by atoms with Gasteiger partial charge in [0, 0.05) is 38.8 Å². The monoisotopic (exact) mass is 487 g/mol. The highest BCUT2D eigenvalue weighted by atomic mass is 16.5. The van der Waals surface area contributed by atoms with E-state index in [4.69, 9.17) is 9.47 Å². The zero-order valence-corrected chi connectivity index (χ0v) is 20.9. The Morgan fingerprint density at radius 3 is 2.61 bits per heavy atom. The molecule has 0 unspecified atom stereocenters. The number of benzene rings is 1. The maximum Gasteiger partial charge on any atom is 0.258 e. The lowest BCUT2D eigenvalue weighted by Gasteiger charge is -2.29. The van der Waals surface area contributed by atoms with Crippen LogP contribution in [0.5, 0.6) is 11.6 Å². The maximum absolute atomic E-state index is 12.3. The second-order valence-corrected chi connectivity index (χ2v) is 8.81. The van der Waals surface area contributed by atoms with Crippen molar-refractivity contribution < 1.29 is 14.3 Å². The summed E-state index contributed by atoms with van der Waals surface area (Å²) in [4.78, 5) is 29.1. The molecule has 1 fully saturated rings. The zero-order valence-electron chi connectivity index (χ0n) is 20.9. The van der Waals surface area contributed by atoms with Crippen LogP contribution in [0.15, 0.2) is 42.7 Å². The Morgan fingerprint density at radius 2 is 1.92 bits per heavy atom. The number of carbonyl (C=O) groups excluding carboxylic acids is 1. The van der Waals surface area contributed by atoms with Crippen molar-refractivity contribution in [2.75, 3.05) is 46.7 Å². The Kier molecular flexibility index (Phi) is 7.61. The molecule has 0 bridgehead atoms. The summed E-state index contributed by atoms with van der Waals surface area (Å²) >= 11 is 0. The van der Waals surface area contributed by atoms with Gasteiger partial charge in [-0.1, -0.05) is 0 Å². The number of hydrogen-bond acceptors (Lipinski definition) is 9. The number of anilines is 2. The Morgan fingerprint density at radius 1 is 1.14 bits per heavy atom. The van der Waals surface area contributed by atoms with Crippen molar-refractivity contribution in [2.45, 2.75) is 18.9 Å². The highest BCUT2D eigenvalue weighted by Crippen LogP contribution is 2.29. The van der Waals surface area contributed by atoms with Crippen LogP contribution >= 0.6 is 0 Å². The number of nitrogens with one attached hydrogen (secondary N) is 1. The Labute approximate surface area is 210 Å². The number of nitriles is 1. The number of hydrogen-bond donors (Lipinski definition) is 1. The molecule has 1 N–H and O–H groups in total. The number of nitrogens with zero attached hydrogens (tertiary/aromatic N) is 6. The average molecular weight is 488 g/mol. The maximum atomic E-state index is 12.3. The van der Waals surface area contributed by atoms with Crippen LogP contribution in [0.3, 0.4) is 0 Å². The van der Waals surface area contributed by atoms with Crippen LogP contribution in [0.1, 0.15) is 28.8 Å². The van der Waals surface area contributed by atoms with Gasteiger partial charge in [-0.15, -0.1) is 0 Å². The van der Waals surface area contributed by atoms with Crippen LogP contribution in [-0.2, 0) is 0 Å². The van der Waals surface area contributed by atoms with Gasteiger partial charge < -0.3 is 24.6 Å². The smallest absolute Gasteiger partial charge is 0.258 e. The first-order valence-corrected chi connectivity index (χ1v) is 11.6. The fourth-order valence-corrected chi connectivity index (χ4v) is 3.95. The molecule has 0 spiro atoms. The molecule has 186 valence electrons. The number of piperidine rings is 1. The third-order valence-electron chi connectivity index (χ3n) is 5.97. The van der Waals surface area contributed by atoms with E-state index in [1.807, 2.05) is 12.1 Å². The molecule has 1 aromatic carbocycles. The summed E-state index contributed by atoms with van der Waals surface area (Å²) in [5, 5.41) is 12.8. The van der Waals surface area contributed by atoms with Crippen LogP contribution in [-0.4, -0.2) is 78.1 Å². The van der Waals surface area contributed by atoms with E-state index in [-0.39, 0.29) is 17.9 Å². The molecule has 3 heterocycles. The summed E-state index contributed by atoms with van der Waals surface area (Å²) in [5.41, 5.74) is 2.24. The van der Waals surface area contributed by atoms with Gasteiger partial charge in [-0.3, -0.25) is 4.79 Å². The number of amides is 1. The molecule has 4 rings (SSSR count). The lowest BCUT2D eigenvalue weighted by atomic mass is 10.1. The van der Waals surface area contributed by atoms with Gasteiger partial charge in [-0.05, 0) is 50.2 Å². The van der Waals surface area contributed by atoms with Crippen molar-refractivity contribution in [3.63, 3.8) is 0 Å². The second kappa shape index (κ2) is 11.0. The van der Waals surface area contributed by atoms with E-state index >= 15 is 0 Å². The van der Waals surface area contributed by atoms with E-state index in [0.29, 0.717) is 34.2 Å². The molecule has 0 saturated carbocycles. The van der Waals surface area contributed by atoms with E-state index in [1.165, 1.54) is 18.3 Å². The molecule has 1 aliphatic rings. The minimum Gasteiger partial charge on any atom is -0.489 e. The number of carbonyl (C=O) groups is 1. The summed E-state index contributed by atoms with van der Waals surface area (Å²) in [6, 6.07) is 12.8. The van der Waals surface area contributed by atoms with E-state index in [9.17, 15) is 10.1 Å². The Balaban J connectivity index is 1.53. The molecule has 0 aliphatic carbocycles. The fourth-order valence-electron chi connectivity index (χ4n) is 3.95. The minimum absolute atomic E-state index is 0.109. The number of ether oxygens (including phenoxy) is 2. The van der Waals surface area contributed by atoms with Gasteiger partial charge in [0.05, 0.1) is 18.4 Å². The van der Waals surface area contributed by atoms with E-state index in [0.717, 1.165) is 31.5 Å². The summed E-state index contributed by atoms with van der Waals surface area (Å²) < 4.78 is 11.4. The third-order valence-corrected chi connectivity index (χ3v) is 5.97. The molecule has 0 radical (unpaired) electrons. The normalized spacial score (nSPS) is 14.1. The zero-order chi connectivity index (χ0) is 25.7. The molecule has 2 aromatic heterocycles. The molecule has 10 nitrogen and oxygen atoms in total. The minimum atomic E-state index is -0.202. The fraction of sp³-hybridized carbons (Fsp3) is 0.346. The molecule has 1 saturated heterocycles. The first-order valence-electron chi connectivity index (χ1n) is 11.6. The number of likely N-dealkylation sites (tertiary alicyclic amines) is 1. The quantitative estimate of drug-likeness (QED) is 0.535. The van der Waals surface area contributed by atoms with Crippen molar-refractivity contribution in [3.8, 4) is 29.0 Å². The molecule has 1 aliphatic heterocycles. The Bertz CT molecular complexity index is 1280. The Hall–Kier alpha value is -4.23. The summed E-state index contributed by atoms with van der Waals surface area (Å²) in [6.07, 6.45) is 3.42. The van der Waals surface area contributed by atoms with Crippen molar-refractivity contribution in [3.05, 3.63) is 53.9 Å². The summed E-state index contributed by atoms with van der Waals surface area (Å²) in [5.74, 6) is 1.57. The molecule has 36 heavy (non-hydrogen) atoms. The van der Waals surface area contributed by atoms with E-state index < -0.39 is 0 Å². The van der Waals surface area contributed by atoms with Crippen LogP contribution in [0.2, 0.25) is 0 Å². The van der Waals surface area contributed by atoms with Gasteiger partial charge in [-0.2, -0.15) is 10.2 Å². The molecule has 3 aromatic rings. The first kappa shape index (κ1) is 24.9. The standard InChI is InChI=1S/C26H29N7O3/c1-32(2)26(34)20-6-8-23(31-25(20)35-4)30-24-14-21(28-16-29-24)17-5-7-22(18(13-17)15-27)36-19-9-11-33(3)12-10-19/h5-8,13-14,16,19H,9-12H2,1-4H3,(H,28,29,30,31). The van der Waals surface area contributed by atoms with E-state index in [2.05, 4.69) is 38.3 Å². The molecule has 0 atom stereocenters. The lowest BCUT2D eigenvalue weighted by molar-refractivity contribution is 0.0823. The van der Waals surface area contributed by atoms with E-state index in [1.54, 1.807) is 38.4 Å². The van der Waals surface area contributed by atoms with Crippen LogP contribution in [0, 0.1) is 11.3 Å². The topological polar surface area (TPSA) is 116 Å². The highest BCUT2D eigenvalue weighted by Gasteiger charge is 2.20. The summed E-state index contributed by atoms with van der Waals surface area (Å²) in [7, 11) is 6.90. The van der Waals surface area contributed by atoms with Gasteiger partial charge in [0.15, 0.2) is 0 Å². The molecule has 10 heteroatoms. The molecular weight excluding hydrogens is 458 g/mol. The van der Waals surface area contributed by atoms with Gasteiger partial charge in [-0.25, -0.2) is 9.97 Å². The van der Waals surface area contributed by atoms with Crippen LogP contribution in [0.25, 0.3) is 11.3 Å². The van der Waals surface area contributed by atoms with Gasteiger partial charge in [0.1, 0.15) is 41.4 Å². The predicted molar refractivity (Wildman–Crippen MR) is 135 cm³/mol. The SMILES string of the molecule is COc1nc(Nc2cc(-c3ccc(OC4CCN(C)CC4)c(C#N)c3)ncn2)ccc1C(=O)N(C)C. The van der Waals surface area contributed by atoms with Crippen LogP contribution in [0.4, 0.5) is 11.6 Å². The lowest BCUT2D eigenvalue weighted by Crippen LogP contribution is -2.35. The van der Waals surface area contributed by atoms with Crippen molar-refractivity contribution in [1.82, 2.24) is 24.8 Å². The highest BCUT2D eigenvalue weighted by molar-refractivity contribution is 5.96. The van der Waals surface area contributed by atoms with Crippen molar-refractivity contribution >= 4 is 17.5 Å². The largest absolute Gasteiger partial charge is 0.489 e. The number of methoxy groups -OCH3 is 1. The predicted octanol–water partition coefficient (Wildman–Crippen LogP) is 3.34. The number of pyridine rings is 1. The third kappa shape index (κ3) is 5.70. The number of rotatable bonds is 7. The molecule has 1 amide bonds. The van der Waals surface area contributed by atoms with Gasteiger partial charge >= 0.3 is 0 Å². The van der Waals surface area contributed by atoms with Crippen molar-refractivity contribution in [2.24, 2.45) is 0 Å². The molecular formula is C26H29N7O3. The average Bonchev–Trinajstić information content (AvgIpc) is 2.89. The number of aromatic nitrogens is 3. The van der Waals surface area contributed by atoms with Crippen LogP contribution < -0.4 is 14.8 Å². The van der Waals surface area contributed by atoms with Crippen molar-refractivity contribution in [1.29, 1.82) is 5.26 Å². The second-order valence-electron chi connectivity index (χ2n) is 8.81. The summed E-state index contributed by atoms with van der Waals surface area (Å²) in [6.45, 7) is 1.97.